The molecule has 0 aromatic carbocycles. The predicted octanol–water partition coefficient (Wildman–Crippen LogP) is -1.13. The topological polar surface area (TPSA) is 9.23 Å². The molecule has 1 aliphatic rings. The Morgan fingerprint density at radius 3 is 2.73 bits per heavy atom. The second-order valence-electron chi connectivity index (χ2n) is 3.25. The van der Waals surface area contributed by atoms with Crippen molar-refractivity contribution in [2.75, 3.05) is 6.61 Å². The summed E-state index contributed by atoms with van der Waals surface area (Å²) >= 11 is 0. The van der Waals surface area contributed by atoms with Gasteiger partial charge in [-0.15, -0.1) is 12.3 Å². The van der Waals surface area contributed by atoms with Crippen LogP contribution in [0.3, 0.4) is 0 Å². The molecule has 11 heavy (non-hydrogen) atoms. The fourth-order valence-electron chi connectivity index (χ4n) is 1.46. The quantitative estimate of drug-likeness (QED) is 0.527. The summed E-state index contributed by atoms with van der Waals surface area (Å²) in [6.07, 6.45) is 3.97. The van der Waals surface area contributed by atoms with E-state index >= 15 is 0 Å². The van der Waals surface area contributed by atoms with Crippen molar-refractivity contribution in [3.8, 4) is 0 Å². The Hall–Kier alpha value is 1.77. The van der Waals surface area contributed by atoms with Crippen LogP contribution in [0.25, 0.3) is 0 Å². The van der Waals surface area contributed by atoms with Gasteiger partial charge in [0.1, 0.15) is 0 Å². The van der Waals surface area contributed by atoms with Crippen LogP contribution in [0.5, 0.6) is 0 Å². The molecule has 1 rings (SSSR count). The number of hydrogen-bond acceptors (Lipinski definition) is 1. The van der Waals surface area contributed by atoms with Gasteiger partial charge in [0.05, 0.1) is 9.52 Å². The van der Waals surface area contributed by atoms with Gasteiger partial charge in [-0.3, -0.25) is 0 Å². The molecule has 1 nitrogen and oxygen atoms in total. The first-order valence-corrected chi connectivity index (χ1v) is 6.54. The van der Waals surface area contributed by atoms with Crippen LogP contribution in [-0.2, 0) is 4.74 Å². The van der Waals surface area contributed by atoms with E-state index in [-0.39, 0.29) is 60.9 Å². The molecule has 0 bridgehead atoms. The summed E-state index contributed by atoms with van der Waals surface area (Å²) in [5, 5.41) is 0. The van der Waals surface area contributed by atoms with Gasteiger partial charge in [-0.1, -0.05) is 0 Å². The van der Waals surface area contributed by atoms with Crippen molar-refractivity contribution in [1.29, 1.82) is 0 Å². The van der Waals surface area contributed by atoms with Gasteiger partial charge in [-0.25, -0.2) is 0 Å². The van der Waals surface area contributed by atoms with Crippen LogP contribution in [0.1, 0.15) is 19.3 Å². The van der Waals surface area contributed by atoms with Gasteiger partial charge in [-0.2, -0.15) is 0 Å². The molecule has 1 unspecified atom stereocenters. The molecule has 1 fully saturated rings. The van der Waals surface area contributed by atoms with Crippen molar-refractivity contribution in [3.63, 3.8) is 0 Å². The van der Waals surface area contributed by atoms with Gasteiger partial charge >= 0.3 is 51.4 Å². The molecule has 0 aliphatic carbocycles. The van der Waals surface area contributed by atoms with Crippen LogP contribution in [0, 0.1) is 0 Å². The molecule has 60 valence electrons. The maximum atomic E-state index is 5.76. The summed E-state index contributed by atoms with van der Waals surface area (Å²) in [6.45, 7) is 4.81. The Morgan fingerprint density at radius 2 is 2.27 bits per heavy atom. The van der Waals surface area contributed by atoms with Crippen molar-refractivity contribution in [2.24, 2.45) is 0 Å². The molecule has 1 saturated heterocycles. The fraction of sp³-hybridized carbons (Fsp3) is 0.714. The molecule has 0 radical (unpaired) electrons. The standard InChI is InChI=1S/C7H16OSi2.K.H/c1-2-10-7(9)5-3-4-6-8-7;;/h2H,1,3-6,10H2,9H3;;. The van der Waals surface area contributed by atoms with Crippen LogP contribution < -0.4 is 0 Å². The first kappa shape index (κ1) is 12.8. The van der Waals surface area contributed by atoms with E-state index < -0.39 is 0 Å². The summed E-state index contributed by atoms with van der Waals surface area (Å²) in [6, 6.07) is 0. The Bertz CT molecular complexity index is 124. The van der Waals surface area contributed by atoms with E-state index in [0.717, 1.165) is 6.61 Å². The molecule has 0 aromatic rings. The Kier molecular flexibility index (Phi) is 7.27. The Morgan fingerprint density at radius 1 is 1.55 bits per heavy atom. The van der Waals surface area contributed by atoms with Crippen LogP contribution in [0.15, 0.2) is 12.3 Å². The maximum absolute atomic E-state index is 5.76. The Labute approximate surface area is 117 Å². The van der Waals surface area contributed by atoms with Crippen LogP contribution in [0.4, 0.5) is 0 Å². The SMILES string of the molecule is C=C[SiH2]C1([SiH3])CCCCO1.[KH]. The molecule has 1 atom stereocenters. The number of rotatable bonds is 2. The molecule has 0 aromatic heterocycles. The molecule has 1 heterocycles. The zero-order chi connectivity index (χ0) is 7.45. The Balaban J connectivity index is 0.000001000. The third kappa shape index (κ3) is 4.52. The van der Waals surface area contributed by atoms with Crippen LogP contribution in [-0.4, -0.2) is 82.6 Å². The minimum atomic E-state index is -0.117. The summed E-state index contributed by atoms with van der Waals surface area (Å²) in [5.41, 5.74) is 2.12. The second-order valence-corrected chi connectivity index (χ2v) is 8.97. The molecule has 0 spiro atoms. The van der Waals surface area contributed by atoms with Crippen molar-refractivity contribution < 1.29 is 4.74 Å². The van der Waals surface area contributed by atoms with Crippen LogP contribution in [0.2, 0.25) is 0 Å². The minimum absolute atomic E-state index is 0. The van der Waals surface area contributed by atoms with Crippen molar-refractivity contribution in [3.05, 3.63) is 12.3 Å². The van der Waals surface area contributed by atoms with Gasteiger partial charge in [-0.05, 0) is 19.3 Å². The van der Waals surface area contributed by atoms with E-state index in [1.54, 1.807) is 0 Å². The summed E-state index contributed by atoms with van der Waals surface area (Å²) < 4.78 is 5.76. The summed E-state index contributed by atoms with van der Waals surface area (Å²) in [7, 11) is 1.09. The zero-order valence-electron chi connectivity index (χ0n) is 6.73. The van der Waals surface area contributed by atoms with E-state index in [4.69, 9.17) is 4.74 Å². The molecular formula is C7H17KOSi2. The molecule has 4 heteroatoms. The molecule has 0 N–H and O–H groups in total. The van der Waals surface area contributed by atoms with E-state index in [1.165, 1.54) is 29.5 Å². The third-order valence-electron chi connectivity index (χ3n) is 2.13. The van der Waals surface area contributed by atoms with Crippen LogP contribution >= 0.6 is 0 Å². The first-order chi connectivity index (χ1) is 4.77. The van der Waals surface area contributed by atoms with Crippen molar-refractivity contribution >= 4 is 71.1 Å². The average Bonchev–Trinajstić information content (AvgIpc) is 1.89. The van der Waals surface area contributed by atoms with Gasteiger partial charge in [0.15, 0.2) is 0 Å². The average molecular weight is 212 g/mol. The van der Waals surface area contributed by atoms with Gasteiger partial charge < -0.3 is 4.74 Å². The van der Waals surface area contributed by atoms with E-state index in [1.807, 2.05) is 0 Å². The summed E-state index contributed by atoms with van der Waals surface area (Å²) in [4.78, 5) is 0.389. The molecule has 0 saturated carbocycles. The monoisotopic (exact) mass is 212 g/mol. The number of hydrogen-bond donors (Lipinski definition) is 0. The van der Waals surface area contributed by atoms with Gasteiger partial charge in [0, 0.05) is 21.7 Å². The van der Waals surface area contributed by atoms with Gasteiger partial charge in [0.25, 0.3) is 0 Å². The third-order valence-corrected chi connectivity index (χ3v) is 5.85. The van der Waals surface area contributed by atoms with E-state index in [2.05, 4.69) is 12.3 Å². The fourth-order valence-corrected chi connectivity index (χ4v) is 4.21. The number of ether oxygens (including phenoxy) is 1. The van der Waals surface area contributed by atoms with E-state index in [9.17, 15) is 0 Å². The normalized spacial score (nSPS) is 32.0. The molecular weight excluding hydrogens is 195 g/mol. The van der Waals surface area contributed by atoms with Gasteiger partial charge in [0.2, 0.25) is 0 Å². The summed E-state index contributed by atoms with van der Waals surface area (Å²) in [5.74, 6) is 0. The zero-order valence-corrected chi connectivity index (χ0v) is 10.1. The predicted molar refractivity (Wildman–Crippen MR) is 58.4 cm³/mol. The second kappa shape index (κ2) is 6.26. The first-order valence-electron chi connectivity index (χ1n) is 4.02. The van der Waals surface area contributed by atoms with Crippen molar-refractivity contribution in [1.82, 2.24) is 0 Å². The molecule has 0 amide bonds. The molecule has 1 aliphatic heterocycles. The van der Waals surface area contributed by atoms with Crippen molar-refractivity contribution in [2.45, 2.75) is 24.1 Å². The van der Waals surface area contributed by atoms with E-state index in [0.29, 0.717) is 4.85 Å².